The number of morpholine rings is 1. The van der Waals surface area contributed by atoms with Gasteiger partial charge in [-0.15, -0.1) is 11.8 Å². The summed E-state index contributed by atoms with van der Waals surface area (Å²) in [4.78, 5) is 13.7. The Hall–Kier alpha value is -2.39. The van der Waals surface area contributed by atoms with Crippen LogP contribution in [0.15, 0.2) is 70.5 Å². The highest BCUT2D eigenvalue weighted by atomic mass is 32.2. The molecule has 0 aromatic heterocycles. The number of carbonyl (C=O) groups excluding carboxylic acids is 1. The van der Waals surface area contributed by atoms with E-state index in [9.17, 15) is 13.2 Å². The predicted molar refractivity (Wildman–Crippen MR) is 124 cm³/mol. The molecule has 0 spiro atoms. The van der Waals surface area contributed by atoms with Crippen LogP contribution in [0.4, 0.5) is 5.69 Å². The number of hydrogen-bond donors (Lipinski definition) is 1. The van der Waals surface area contributed by atoms with Gasteiger partial charge in [0.2, 0.25) is 15.9 Å². The van der Waals surface area contributed by atoms with Crippen LogP contribution >= 0.6 is 11.8 Å². The van der Waals surface area contributed by atoms with Crippen molar-refractivity contribution in [1.82, 2.24) is 4.31 Å². The number of amides is 1. The first-order valence-corrected chi connectivity index (χ1v) is 12.5. The average molecular weight is 457 g/mol. The van der Waals surface area contributed by atoms with E-state index < -0.39 is 10.0 Å². The van der Waals surface area contributed by atoms with Crippen LogP contribution < -0.4 is 5.32 Å². The average Bonchev–Trinajstić information content (AvgIpc) is 2.79. The van der Waals surface area contributed by atoms with Crippen molar-refractivity contribution in [3.05, 3.63) is 66.2 Å². The summed E-state index contributed by atoms with van der Waals surface area (Å²) < 4.78 is 32.7. The molecule has 6 nitrogen and oxygen atoms in total. The van der Waals surface area contributed by atoms with Gasteiger partial charge < -0.3 is 10.1 Å². The molecule has 1 aliphatic heterocycles. The lowest BCUT2D eigenvalue weighted by Gasteiger charge is -2.26. The fraction of sp³-hybridized carbons (Fsp3) is 0.261. The summed E-state index contributed by atoms with van der Waals surface area (Å²) in [5.41, 5.74) is 1.12. The number of carbonyl (C=O) groups is 1. The van der Waals surface area contributed by atoms with E-state index in [-0.39, 0.29) is 16.6 Å². The number of hydrogen-bond acceptors (Lipinski definition) is 5. The predicted octanol–water partition coefficient (Wildman–Crippen LogP) is 3.90. The molecule has 4 rings (SSSR count). The van der Waals surface area contributed by atoms with Gasteiger partial charge in [-0.3, -0.25) is 4.79 Å². The Kier molecular flexibility index (Phi) is 6.62. The lowest BCUT2D eigenvalue weighted by Crippen LogP contribution is -2.40. The van der Waals surface area contributed by atoms with E-state index in [0.717, 1.165) is 15.7 Å². The van der Waals surface area contributed by atoms with Crippen LogP contribution in [-0.4, -0.2) is 50.7 Å². The molecule has 8 heteroatoms. The topological polar surface area (TPSA) is 75.7 Å². The number of aryl methyl sites for hydroxylation is 1. The van der Waals surface area contributed by atoms with Gasteiger partial charge in [0.05, 0.1) is 23.9 Å². The maximum Gasteiger partial charge on any atom is 0.243 e. The molecule has 1 saturated heterocycles. The number of ether oxygens (including phenoxy) is 1. The first-order chi connectivity index (χ1) is 14.9. The summed E-state index contributed by atoms with van der Waals surface area (Å²) in [6.07, 6.45) is 0. The van der Waals surface area contributed by atoms with Crippen molar-refractivity contribution in [3.63, 3.8) is 0 Å². The monoisotopic (exact) mass is 456 g/mol. The van der Waals surface area contributed by atoms with Gasteiger partial charge in [-0.25, -0.2) is 8.42 Å². The normalized spacial score (nSPS) is 15.1. The van der Waals surface area contributed by atoms with Crippen LogP contribution in [0.5, 0.6) is 0 Å². The molecule has 0 saturated carbocycles. The molecule has 0 unspecified atom stereocenters. The second-order valence-electron chi connectivity index (χ2n) is 7.34. The number of rotatable bonds is 6. The summed E-state index contributed by atoms with van der Waals surface area (Å²) in [5.74, 6) is 0.0503. The lowest BCUT2D eigenvalue weighted by molar-refractivity contribution is -0.113. The fourth-order valence-corrected chi connectivity index (χ4v) is 5.89. The Balaban J connectivity index is 1.43. The molecule has 1 N–H and O–H groups in total. The molecule has 1 fully saturated rings. The van der Waals surface area contributed by atoms with E-state index >= 15 is 0 Å². The molecule has 3 aromatic rings. The Bertz CT molecular complexity index is 1210. The van der Waals surface area contributed by atoms with Crippen molar-refractivity contribution in [2.75, 3.05) is 37.4 Å². The Morgan fingerprint density at radius 1 is 1.03 bits per heavy atom. The zero-order valence-electron chi connectivity index (χ0n) is 17.2. The molecule has 0 bridgehead atoms. The number of fused-ring (bicyclic) bond motifs is 1. The van der Waals surface area contributed by atoms with Gasteiger partial charge in [0, 0.05) is 23.7 Å². The standard InChI is InChI=1S/C23H24N2O4S2/c1-17-6-8-20(15-22(17)31(27,28)25-10-12-29-13-11-25)24-23(26)16-30-21-9-7-18-4-2-3-5-19(18)14-21/h2-9,14-15H,10-13,16H2,1H3,(H,24,26). The number of sulfonamides is 1. The number of benzene rings is 3. The van der Waals surface area contributed by atoms with Gasteiger partial charge in [0.15, 0.2) is 0 Å². The lowest BCUT2D eigenvalue weighted by atomic mass is 10.1. The molecule has 1 amide bonds. The van der Waals surface area contributed by atoms with Crippen LogP contribution in [0, 0.1) is 6.92 Å². The van der Waals surface area contributed by atoms with Crippen molar-refractivity contribution in [3.8, 4) is 0 Å². The van der Waals surface area contributed by atoms with Gasteiger partial charge in [-0.05, 0) is 47.5 Å². The minimum absolute atomic E-state index is 0.184. The first kappa shape index (κ1) is 21.8. The third-order valence-electron chi connectivity index (χ3n) is 5.15. The van der Waals surface area contributed by atoms with Crippen molar-refractivity contribution >= 4 is 44.2 Å². The van der Waals surface area contributed by atoms with Gasteiger partial charge >= 0.3 is 0 Å². The van der Waals surface area contributed by atoms with E-state index in [1.54, 1.807) is 25.1 Å². The maximum absolute atomic E-state index is 13.0. The zero-order chi connectivity index (χ0) is 21.8. The number of nitrogens with one attached hydrogen (secondary N) is 1. The highest BCUT2D eigenvalue weighted by molar-refractivity contribution is 8.00. The molecule has 162 valence electrons. The van der Waals surface area contributed by atoms with Crippen molar-refractivity contribution in [2.45, 2.75) is 16.7 Å². The molecular weight excluding hydrogens is 432 g/mol. The number of anilines is 1. The molecule has 1 heterocycles. The molecule has 1 aliphatic rings. The minimum Gasteiger partial charge on any atom is -0.379 e. The summed E-state index contributed by atoms with van der Waals surface area (Å²) in [7, 11) is -3.63. The van der Waals surface area contributed by atoms with E-state index in [2.05, 4.69) is 17.4 Å². The molecule has 0 radical (unpaired) electrons. The quantitative estimate of drug-likeness (QED) is 0.570. The van der Waals surface area contributed by atoms with E-state index in [0.29, 0.717) is 37.6 Å². The van der Waals surface area contributed by atoms with E-state index in [1.165, 1.54) is 16.1 Å². The van der Waals surface area contributed by atoms with Gasteiger partial charge in [-0.2, -0.15) is 4.31 Å². The molecule has 0 atom stereocenters. The van der Waals surface area contributed by atoms with Gasteiger partial charge in [0.25, 0.3) is 0 Å². The first-order valence-electron chi connectivity index (χ1n) is 10.0. The van der Waals surface area contributed by atoms with Crippen LogP contribution in [0.3, 0.4) is 0 Å². The molecule has 31 heavy (non-hydrogen) atoms. The SMILES string of the molecule is Cc1ccc(NC(=O)CSc2ccc3ccccc3c2)cc1S(=O)(=O)N1CCOCC1. The highest BCUT2D eigenvalue weighted by Crippen LogP contribution is 2.26. The largest absolute Gasteiger partial charge is 0.379 e. The number of thioether (sulfide) groups is 1. The van der Waals surface area contributed by atoms with Crippen molar-refractivity contribution in [1.29, 1.82) is 0 Å². The second-order valence-corrected chi connectivity index (χ2v) is 10.3. The molecular formula is C23H24N2O4S2. The molecule has 0 aliphatic carbocycles. The smallest absolute Gasteiger partial charge is 0.243 e. The minimum atomic E-state index is -3.63. The third kappa shape index (κ3) is 5.10. The second kappa shape index (κ2) is 9.40. The molecule has 3 aromatic carbocycles. The van der Waals surface area contributed by atoms with E-state index in [1.807, 2.05) is 30.3 Å². The zero-order valence-corrected chi connectivity index (χ0v) is 18.8. The number of nitrogens with zero attached hydrogens (tertiary/aromatic N) is 1. The Morgan fingerprint density at radius 3 is 2.55 bits per heavy atom. The Morgan fingerprint density at radius 2 is 1.77 bits per heavy atom. The van der Waals surface area contributed by atoms with E-state index in [4.69, 9.17) is 4.74 Å². The van der Waals surface area contributed by atoms with Crippen LogP contribution in [0.2, 0.25) is 0 Å². The third-order valence-corrected chi connectivity index (χ3v) is 8.19. The van der Waals surface area contributed by atoms with Crippen molar-refractivity contribution < 1.29 is 17.9 Å². The van der Waals surface area contributed by atoms with Crippen LogP contribution in [0.1, 0.15) is 5.56 Å². The summed E-state index contributed by atoms with van der Waals surface area (Å²) in [5, 5.41) is 5.11. The van der Waals surface area contributed by atoms with Crippen LogP contribution in [0.25, 0.3) is 10.8 Å². The van der Waals surface area contributed by atoms with Gasteiger partial charge in [-0.1, -0.05) is 36.4 Å². The fourth-order valence-electron chi connectivity index (χ4n) is 3.48. The summed E-state index contributed by atoms with van der Waals surface area (Å²) in [6.45, 7) is 3.21. The summed E-state index contributed by atoms with van der Waals surface area (Å²) in [6, 6.07) is 19.2. The highest BCUT2D eigenvalue weighted by Gasteiger charge is 2.28. The van der Waals surface area contributed by atoms with Gasteiger partial charge in [0.1, 0.15) is 0 Å². The summed E-state index contributed by atoms with van der Waals surface area (Å²) >= 11 is 1.45. The van der Waals surface area contributed by atoms with Crippen molar-refractivity contribution in [2.24, 2.45) is 0 Å². The van der Waals surface area contributed by atoms with Crippen LogP contribution in [-0.2, 0) is 19.6 Å². The maximum atomic E-state index is 13.0. The Labute approximate surface area is 186 Å².